The number of aryl methyl sites for hydroxylation is 1. The Balaban J connectivity index is 2.10. The quantitative estimate of drug-likeness (QED) is 0.865. The van der Waals surface area contributed by atoms with Crippen LogP contribution >= 0.6 is 0 Å². The summed E-state index contributed by atoms with van der Waals surface area (Å²) >= 11 is 0. The molecule has 0 aromatic heterocycles. The standard InChI is InChI=1S/C15H22N2O/c1-5-12-6-8-13(9-7-12)16-14-17-15(3,4)10-11(2)18-14/h6-9,11H,5,10H2,1-4H3,(H,16,17). The lowest BCUT2D eigenvalue weighted by Crippen LogP contribution is -2.36. The maximum absolute atomic E-state index is 5.72. The summed E-state index contributed by atoms with van der Waals surface area (Å²) in [6.45, 7) is 8.50. The van der Waals surface area contributed by atoms with Crippen LogP contribution in [0.25, 0.3) is 0 Å². The highest BCUT2D eigenvalue weighted by atomic mass is 16.5. The van der Waals surface area contributed by atoms with E-state index in [4.69, 9.17) is 4.74 Å². The van der Waals surface area contributed by atoms with Crippen LogP contribution in [0.4, 0.5) is 5.69 Å². The summed E-state index contributed by atoms with van der Waals surface area (Å²) in [5.41, 5.74) is 2.31. The molecule has 0 fully saturated rings. The fourth-order valence-corrected chi connectivity index (χ4v) is 2.29. The molecule has 1 aromatic rings. The molecule has 1 unspecified atom stereocenters. The van der Waals surface area contributed by atoms with Crippen LogP contribution in [0.5, 0.6) is 0 Å². The summed E-state index contributed by atoms with van der Waals surface area (Å²) in [6.07, 6.45) is 2.21. The lowest BCUT2D eigenvalue weighted by Gasteiger charge is -2.31. The second kappa shape index (κ2) is 5.01. The van der Waals surface area contributed by atoms with Crippen LogP contribution in [-0.2, 0) is 11.2 Å². The van der Waals surface area contributed by atoms with Gasteiger partial charge in [-0.3, -0.25) is 0 Å². The minimum absolute atomic E-state index is 0.0522. The highest BCUT2D eigenvalue weighted by molar-refractivity contribution is 5.89. The van der Waals surface area contributed by atoms with E-state index in [9.17, 15) is 0 Å². The number of nitrogens with one attached hydrogen (secondary N) is 1. The number of anilines is 1. The third kappa shape index (κ3) is 3.25. The number of benzene rings is 1. The Bertz CT molecular complexity index is 434. The van der Waals surface area contributed by atoms with E-state index in [0.29, 0.717) is 6.02 Å². The van der Waals surface area contributed by atoms with E-state index in [2.05, 4.69) is 62.3 Å². The van der Waals surface area contributed by atoms with Gasteiger partial charge in [0, 0.05) is 12.1 Å². The van der Waals surface area contributed by atoms with Crippen molar-refractivity contribution >= 4 is 11.7 Å². The van der Waals surface area contributed by atoms with Crippen LogP contribution in [0.1, 0.15) is 39.7 Å². The molecule has 18 heavy (non-hydrogen) atoms. The lowest BCUT2D eigenvalue weighted by molar-refractivity contribution is 0.144. The molecule has 3 nitrogen and oxygen atoms in total. The van der Waals surface area contributed by atoms with Crippen molar-refractivity contribution < 1.29 is 4.74 Å². The second-order valence-electron chi connectivity index (χ2n) is 5.54. The van der Waals surface area contributed by atoms with Gasteiger partial charge in [-0.15, -0.1) is 0 Å². The molecular formula is C15H22N2O. The number of nitrogens with zero attached hydrogens (tertiary/aromatic N) is 1. The molecule has 3 heteroatoms. The van der Waals surface area contributed by atoms with E-state index in [1.54, 1.807) is 0 Å². The van der Waals surface area contributed by atoms with E-state index < -0.39 is 0 Å². The number of aliphatic imine (C=N–C) groups is 1. The highest BCUT2D eigenvalue weighted by Crippen LogP contribution is 2.24. The molecule has 1 atom stereocenters. The first kappa shape index (κ1) is 12.9. The Kier molecular flexibility index (Phi) is 3.60. The first-order valence-electron chi connectivity index (χ1n) is 6.61. The zero-order chi connectivity index (χ0) is 13.2. The van der Waals surface area contributed by atoms with Gasteiger partial charge < -0.3 is 10.1 Å². The molecule has 0 aliphatic carbocycles. The molecule has 0 amide bonds. The summed E-state index contributed by atoms with van der Waals surface area (Å²) in [7, 11) is 0. The SMILES string of the molecule is CCc1ccc(NC2=NC(C)(C)CC(C)O2)cc1. The molecule has 1 aliphatic heterocycles. The number of amidine groups is 1. The Morgan fingerprint density at radius 3 is 2.56 bits per heavy atom. The highest BCUT2D eigenvalue weighted by Gasteiger charge is 2.28. The average molecular weight is 246 g/mol. The van der Waals surface area contributed by atoms with Gasteiger partial charge in [0.15, 0.2) is 0 Å². The topological polar surface area (TPSA) is 33.6 Å². The summed E-state index contributed by atoms with van der Waals surface area (Å²) in [5.74, 6) is 0. The molecule has 0 spiro atoms. The van der Waals surface area contributed by atoms with Gasteiger partial charge in [-0.2, -0.15) is 0 Å². The second-order valence-corrected chi connectivity index (χ2v) is 5.54. The van der Waals surface area contributed by atoms with Crippen LogP contribution in [0.15, 0.2) is 29.3 Å². The Hall–Kier alpha value is -1.51. The van der Waals surface area contributed by atoms with Crippen molar-refractivity contribution in [3.05, 3.63) is 29.8 Å². The third-order valence-electron chi connectivity index (χ3n) is 3.12. The zero-order valence-electron chi connectivity index (χ0n) is 11.7. The third-order valence-corrected chi connectivity index (χ3v) is 3.12. The fraction of sp³-hybridized carbons (Fsp3) is 0.533. The maximum atomic E-state index is 5.72. The molecule has 1 aromatic carbocycles. The lowest BCUT2D eigenvalue weighted by atomic mass is 9.97. The smallest absolute Gasteiger partial charge is 0.289 e. The molecule has 2 rings (SSSR count). The predicted molar refractivity (Wildman–Crippen MR) is 76.1 cm³/mol. The molecule has 0 bridgehead atoms. The zero-order valence-corrected chi connectivity index (χ0v) is 11.7. The average Bonchev–Trinajstić information content (AvgIpc) is 2.27. The minimum Gasteiger partial charge on any atom is -0.462 e. The van der Waals surface area contributed by atoms with Crippen molar-refractivity contribution in [2.24, 2.45) is 4.99 Å². The number of rotatable bonds is 2. The van der Waals surface area contributed by atoms with E-state index in [1.807, 2.05) is 0 Å². The van der Waals surface area contributed by atoms with Crippen LogP contribution in [0.3, 0.4) is 0 Å². The number of ether oxygens (including phenoxy) is 1. The van der Waals surface area contributed by atoms with Gasteiger partial charge in [0.25, 0.3) is 6.02 Å². The van der Waals surface area contributed by atoms with Gasteiger partial charge >= 0.3 is 0 Å². The van der Waals surface area contributed by atoms with E-state index in [0.717, 1.165) is 18.5 Å². The van der Waals surface area contributed by atoms with Gasteiger partial charge in [0.05, 0.1) is 5.54 Å². The fourth-order valence-electron chi connectivity index (χ4n) is 2.29. The largest absolute Gasteiger partial charge is 0.462 e. The van der Waals surface area contributed by atoms with Crippen molar-refractivity contribution in [3.8, 4) is 0 Å². The maximum Gasteiger partial charge on any atom is 0.289 e. The van der Waals surface area contributed by atoms with Crippen molar-refractivity contribution in [3.63, 3.8) is 0 Å². The molecule has 1 N–H and O–H groups in total. The Labute approximate surface area is 109 Å². The van der Waals surface area contributed by atoms with Gasteiger partial charge in [-0.1, -0.05) is 19.1 Å². The van der Waals surface area contributed by atoms with Crippen LogP contribution in [-0.4, -0.2) is 17.7 Å². The van der Waals surface area contributed by atoms with Crippen molar-refractivity contribution in [1.82, 2.24) is 0 Å². The number of hydrogen-bond acceptors (Lipinski definition) is 3. The van der Waals surface area contributed by atoms with Gasteiger partial charge in [0.1, 0.15) is 6.10 Å². The molecule has 0 saturated carbocycles. The summed E-state index contributed by atoms with van der Waals surface area (Å²) < 4.78 is 5.72. The van der Waals surface area contributed by atoms with Crippen molar-refractivity contribution in [1.29, 1.82) is 0 Å². The van der Waals surface area contributed by atoms with Crippen molar-refractivity contribution in [2.75, 3.05) is 5.32 Å². The molecule has 98 valence electrons. The van der Waals surface area contributed by atoms with Crippen LogP contribution in [0.2, 0.25) is 0 Å². The minimum atomic E-state index is -0.0522. The van der Waals surface area contributed by atoms with Crippen molar-refractivity contribution in [2.45, 2.75) is 52.2 Å². The van der Waals surface area contributed by atoms with Crippen LogP contribution < -0.4 is 5.32 Å². The van der Waals surface area contributed by atoms with Gasteiger partial charge in [0.2, 0.25) is 0 Å². The summed E-state index contributed by atoms with van der Waals surface area (Å²) in [4.78, 5) is 4.59. The van der Waals surface area contributed by atoms with E-state index in [1.165, 1.54) is 5.56 Å². The number of hydrogen-bond donors (Lipinski definition) is 1. The van der Waals surface area contributed by atoms with Gasteiger partial charge in [-0.05, 0) is 44.9 Å². The molecule has 0 radical (unpaired) electrons. The van der Waals surface area contributed by atoms with Crippen LogP contribution in [0, 0.1) is 0 Å². The Morgan fingerprint density at radius 2 is 2.00 bits per heavy atom. The molecular weight excluding hydrogens is 224 g/mol. The van der Waals surface area contributed by atoms with Gasteiger partial charge in [-0.25, -0.2) is 4.99 Å². The molecule has 1 aliphatic rings. The summed E-state index contributed by atoms with van der Waals surface area (Å²) in [6, 6.07) is 9.01. The van der Waals surface area contributed by atoms with E-state index in [-0.39, 0.29) is 11.6 Å². The normalized spacial score (nSPS) is 22.0. The van der Waals surface area contributed by atoms with E-state index >= 15 is 0 Å². The summed E-state index contributed by atoms with van der Waals surface area (Å²) in [5, 5.41) is 3.25. The first-order valence-corrected chi connectivity index (χ1v) is 6.61. The molecule has 0 saturated heterocycles. The Morgan fingerprint density at radius 1 is 1.33 bits per heavy atom. The monoisotopic (exact) mass is 246 g/mol. The molecule has 1 heterocycles. The predicted octanol–water partition coefficient (Wildman–Crippen LogP) is 3.60. The first-order chi connectivity index (χ1) is 8.48.